The second kappa shape index (κ2) is 8.54. The number of hydrogen-bond acceptors (Lipinski definition) is 2. The Morgan fingerprint density at radius 2 is 1.93 bits per heavy atom. The zero-order valence-electron chi connectivity index (χ0n) is 9.38. The Balaban J connectivity index is 3.50. The first-order valence-corrected chi connectivity index (χ1v) is 5.17. The number of carbonyl (C=O) groups excluding carboxylic acids is 1. The molecule has 0 aromatic rings. The van der Waals surface area contributed by atoms with Gasteiger partial charge in [0.2, 0.25) is 0 Å². The third kappa shape index (κ3) is 6.46. The molecular formula is C12H20O2. The van der Waals surface area contributed by atoms with Gasteiger partial charge in [-0.25, -0.2) is 4.79 Å². The van der Waals surface area contributed by atoms with E-state index in [9.17, 15) is 4.79 Å². The Bertz CT molecular complexity index is 214. The van der Waals surface area contributed by atoms with Crippen LogP contribution in [-0.4, -0.2) is 12.6 Å². The lowest BCUT2D eigenvalue weighted by molar-refractivity contribution is -0.138. The van der Waals surface area contributed by atoms with E-state index in [1.807, 2.05) is 6.92 Å². The summed E-state index contributed by atoms with van der Waals surface area (Å²) < 4.78 is 5.02. The molecule has 2 nitrogen and oxygen atoms in total. The molecule has 2 heteroatoms. The minimum Gasteiger partial charge on any atom is -0.462 e. The number of rotatable bonds is 6. The van der Waals surface area contributed by atoms with Gasteiger partial charge in [0.25, 0.3) is 0 Å². The van der Waals surface area contributed by atoms with Gasteiger partial charge in [-0.3, -0.25) is 0 Å². The molecule has 0 aromatic heterocycles. The summed E-state index contributed by atoms with van der Waals surface area (Å²) in [7, 11) is 0. The summed E-state index contributed by atoms with van der Waals surface area (Å²) in [6, 6.07) is 0. The molecule has 0 amide bonds. The molecule has 0 radical (unpaired) electrons. The Kier molecular flexibility index (Phi) is 7.90. The fraction of sp³-hybridized carbons (Fsp3) is 0.583. The first-order valence-electron chi connectivity index (χ1n) is 5.17. The average molecular weight is 196 g/mol. The van der Waals surface area contributed by atoms with Crippen molar-refractivity contribution in [2.45, 2.75) is 40.0 Å². The normalized spacial score (nSPS) is 12.1. The molecule has 0 rings (SSSR count). The molecule has 0 saturated carbocycles. The van der Waals surface area contributed by atoms with Crippen molar-refractivity contribution in [2.24, 2.45) is 0 Å². The van der Waals surface area contributed by atoms with Crippen LogP contribution in [0.15, 0.2) is 23.8 Å². The van der Waals surface area contributed by atoms with Gasteiger partial charge in [0.05, 0.1) is 6.61 Å². The quantitative estimate of drug-likeness (QED) is 0.282. The molecule has 0 spiro atoms. The van der Waals surface area contributed by atoms with Crippen molar-refractivity contribution in [3.63, 3.8) is 0 Å². The van der Waals surface area contributed by atoms with Crippen LogP contribution in [0.4, 0.5) is 0 Å². The largest absolute Gasteiger partial charge is 0.462 e. The third-order valence-electron chi connectivity index (χ3n) is 1.89. The van der Waals surface area contributed by atoms with Gasteiger partial charge in [-0.2, -0.15) is 0 Å². The van der Waals surface area contributed by atoms with Crippen LogP contribution in [0.2, 0.25) is 0 Å². The van der Waals surface area contributed by atoms with E-state index in [4.69, 9.17) is 4.74 Å². The van der Waals surface area contributed by atoms with Crippen LogP contribution in [0.1, 0.15) is 40.0 Å². The Morgan fingerprint density at radius 1 is 1.29 bits per heavy atom. The van der Waals surface area contributed by atoms with Crippen LogP contribution in [-0.2, 0) is 9.53 Å². The minimum absolute atomic E-state index is 0.212. The Hall–Kier alpha value is -1.05. The molecule has 0 N–H and O–H groups in total. The second-order valence-electron chi connectivity index (χ2n) is 3.16. The predicted molar refractivity (Wildman–Crippen MR) is 59.1 cm³/mol. The molecule has 14 heavy (non-hydrogen) atoms. The average Bonchev–Trinajstić information content (AvgIpc) is 2.21. The minimum atomic E-state index is -0.212. The van der Waals surface area contributed by atoms with E-state index in [1.165, 1.54) is 0 Å². The molecular weight excluding hydrogens is 176 g/mol. The molecule has 0 fully saturated rings. The standard InChI is InChI=1S/C12H20O2/c1-4-6-7-8-9-10-14-12(13)11(3)5-2/h5,7-8H,4,6,9-10H2,1-3H3/b8-7+,11-5+. The highest BCUT2D eigenvalue weighted by molar-refractivity contribution is 5.87. The molecule has 0 aliphatic heterocycles. The summed E-state index contributed by atoms with van der Waals surface area (Å²) in [5.41, 5.74) is 0.669. The maximum Gasteiger partial charge on any atom is 0.333 e. The van der Waals surface area contributed by atoms with Crippen LogP contribution in [0.25, 0.3) is 0 Å². The summed E-state index contributed by atoms with van der Waals surface area (Å²) in [5, 5.41) is 0. The topological polar surface area (TPSA) is 26.3 Å². The third-order valence-corrected chi connectivity index (χ3v) is 1.89. The van der Waals surface area contributed by atoms with E-state index >= 15 is 0 Å². The van der Waals surface area contributed by atoms with Crippen molar-refractivity contribution in [3.8, 4) is 0 Å². The highest BCUT2D eigenvalue weighted by Gasteiger charge is 2.02. The molecule has 0 bridgehead atoms. The van der Waals surface area contributed by atoms with Crippen molar-refractivity contribution in [3.05, 3.63) is 23.8 Å². The second-order valence-corrected chi connectivity index (χ2v) is 3.16. The maximum absolute atomic E-state index is 11.1. The van der Waals surface area contributed by atoms with Crippen LogP contribution in [0.5, 0.6) is 0 Å². The predicted octanol–water partition coefficient (Wildman–Crippen LogP) is 3.24. The van der Waals surface area contributed by atoms with Crippen molar-refractivity contribution >= 4 is 5.97 Å². The first kappa shape index (κ1) is 12.9. The van der Waals surface area contributed by atoms with Gasteiger partial charge in [-0.05, 0) is 26.7 Å². The fourth-order valence-corrected chi connectivity index (χ4v) is 0.854. The highest BCUT2D eigenvalue weighted by Crippen LogP contribution is 1.97. The Labute approximate surface area is 86.6 Å². The molecule has 0 aromatic carbocycles. The molecule has 0 unspecified atom stereocenters. The monoisotopic (exact) mass is 196 g/mol. The SMILES string of the molecule is C/C=C(\C)C(=O)OCC/C=C/CCC. The van der Waals surface area contributed by atoms with Crippen LogP contribution < -0.4 is 0 Å². The molecule has 0 atom stereocenters. The summed E-state index contributed by atoms with van der Waals surface area (Å²) in [4.78, 5) is 11.1. The summed E-state index contributed by atoms with van der Waals surface area (Å²) in [5.74, 6) is -0.212. The smallest absolute Gasteiger partial charge is 0.333 e. The van der Waals surface area contributed by atoms with Gasteiger partial charge in [-0.15, -0.1) is 0 Å². The van der Waals surface area contributed by atoms with Crippen molar-refractivity contribution in [1.82, 2.24) is 0 Å². The van der Waals surface area contributed by atoms with Gasteiger partial charge in [0.15, 0.2) is 0 Å². The van der Waals surface area contributed by atoms with E-state index in [2.05, 4.69) is 19.1 Å². The lowest BCUT2D eigenvalue weighted by Gasteiger charge is -2.01. The summed E-state index contributed by atoms with van der Waals surface area (Å²) >= 11 is 0. The van der Waals surface area contributed by atoms with E-state index in [0.717, 1.165) is 19.3 Å². The van der Waals surface area contributed by atoms with Gasteiger partial charge < -0.3 is 4.74 Å². The molecule has 80 valence electrons. The van der Waals surface area contributed by atoms with Gasteiger partial charge in [0.1, 0.15) is 0 Å². The number of hydrogen-bond donors (Lipinski definition) is 0. The lowest BCUT2D eigenvalue weighted by Crippen LogP contribution is -2.06. The molecule has 0 saturated heterocycles. The lowest BCUT2D eigenvalue weighted by atomic mass is 10.3. The van der Waals surface area contributed by atoms with Gasteiger partial charge >= 0.3 is 5.97 Å². The summed E-state index contributed by atoms with van der Waals surface area (Å²) in [6.07, 6.45) is 9.01. The molecule has 0 aliphatic carbocycles. The van der Waals surface area contributed by atoms with E-state index < -0.39 is 0 Å². The van der Waals surface area contributed by atoms with Crippen molar-refractivity contribution < 1.29 is 9.53 Å². The van der Waals surface area contributed by atoms with Crippen LogP contribution >= 0.6 is 0 Å². The summed E-state index contributed by atoms with van der Waals surface area (Å²) in [6.45, 7) is 6.21. The number of allylic oxidation sites excluding steroid dienone is 2. The van der Waals surface area contributed by atoms with Gasteiger partial charge in [-0.1, -0.05) is 31.6 Å². The zero-order chi connectivity index (χ0) is 10.8. The molecule has 0 heterocycles. The molecule has 0 aliphatic rings. The van der Waals surface area contributed by atoms with E-state index in [0.29, 0.717) is 12.2 Å². The van der Waals surface area contributed by atoms with Crippen LogP contribution in [0, 0.1) is 0 Å². The number of ether oxygens (including phenoxy) is 1. The fourth-order valence-electron chi connectivity index (χ4n) is 0.854. The number of carbonyl (C=O) groups is 1. The number of unbranched alkanes of at least 4 members (excludes halogenated alkanes) is 1. The van der Waals surface area contributed by atoms with Crippen LogP contribution in [0.3, 0.4) is 0 Å². The van der Waals surface area contributed by atoms with Crippen molar-refractivity contribution in [1.29, 1.82) is 0 Å². The van der Waals surface area contributed by atoms with E-state index in [1.54, 1.807) is 13.0 Å². The Morgan fingerprint density at radius 3 is 2.50 bits per heavy atom. The highest BCUT2D eigenvalue weighted by atomic mass is 16.5. The van der Waals surface area contributed by atoms with Crippen molar-refractivity contribution in [2.75, 3.05) is 6.61 Å². The van der Waals surface area contributed by atoms with E-state index in [-0.39, 0.29) is 5.97 Å². The van der Waals surface area contributed by atoms with Gasteiger partial charge in [0, 0.05) is 5.57 Å². The zero-order valence-corrected chi connectivity index (χ0v) is 9.38. The first-order chi connectivity index (χ1) is 6.72. The number of esters is 1. The maximum atomic E-state index is 11.1.